The molecule has 0 aromatic heterocycles. The summed E-state index contributed by atoms with van der Waals surface area (Å²) < 4.78 is 0. The number of rotatable bonds is 15. The van der Waals surface area contributed by atoms with Crippen molar-refractivity contribution in [2.45, 2.75) is 90.9 Å². The normalized spacial score (nSPS) is 11.2. The molecule has 0 amide bonds. The molecule has 0 radical (unpaired) electrons. The molecule has 0 aliphatic carbocycles. The molecule has 4 aromatic carbocycles. The maximum atomic E-state index is 5.82. The van der Waals surface area contributed by atoms with Crippen LogP contribution in [0.2, 0.25) is 0 Å². The van der Waals surface area contributed by atoms with Crippen molar-refractivity contribution >= 4 is 11.4 Å². The average molecular weight is 533 g/mol. The number of aryl methyl sites for hydroxylation is 4. The van der Waals surface area contributed by atoms with Gasteiger partial charge in [0.15, 0.2) is 0 Å². The fourth-order valence-electron chi connectivity index (χ4n) is 5.65. The van der Waals surface area contributed by atoms with Crippen LogP contribution in [0.3, 0.4) is 0 Å². The summed E-state index contributed by atoms with van der Waals surface area (Å²) in [7, 11) is 0. The van der Waals surface area contributed by atoms with E-state index in [1.54, 1.807) is 0 Å². The van der Waals surface area contributed by atoms with Gasteiger partial charge in [-0.25, -0.2) is 0 Å². The molecule has 2 nitrogen and oxygen atoms in total. The van der Waals surface area contributed by atoms with E-state index in [0.29, 0.717) is 0 Å². The summed E-state index contributed by atoms with van der Waals surface area (Å²) in [5.41, 5.74) is 24.5. The molecule has 40 heavy (non-hydrogen) atoms. The van der Waals surface area contributed by atoms with Gasteiger partial charge in [-0.1, -0.05) is 99.2 Å². The van der Waals surface area contributed by atoms with Crippen molar-refractivity contribution in [2.75, 3.05) is 11.5 Å². The van der Waals surface area contributed by atoms with Crippen LogP contribution in [0.4, 0.5) is 11.4 Å². The molecule has 0 bridgehead atoms. The Morgan fingerprint density at radius 2 is 0.725 bits per heavy atom. The summed E-state index contributed by atoms with van der Waals surface area (Å²) in [5.74, 6) is 0. The first-order chi connectivity index (χ1) is 19.5. The first-order valence-electron chi connectivity index (χ1n) is 15.3. The van der Waals surface area contributed by atoms with Gasteiger partial charge in [0.2, 0.25) is 0 Å². The van der Waals surface area contributed by atoms with E-state index in [2.05, 4.69) is 74.5 Å². The molecule has 4 aromatic rings. The zero-order valence-corrected chi connectivity index (χ0v) is 24.7. The van der Waals surface area contributed by atoms with E-state index >= 15 is 0 Å². The van der Waals surface area contributed by atoms with E-state index in [-0.39, 0.29) is 0 Å². The molecule has 0 aliphatic heterocycles. The summed E-state index contributed by atoms with van der Waals surface area (Å²) in [6.07, 6.45) is 15.1. The SMILES string of the molecule is Cc1cc(CCCCCCCCCCc2ccc(Cc3ccc(N)cc3)c(C)c2)ccc1Cc1ccc(N)cc1. The van der Waals surface area contributed by atoms with Gasteiger partial charge in [0, 0.05) is 11.4 Å². The number of unbranched alkanes of at least 4 members (excludes halogenated alkanes) is 7. The molecule has 0 saturated heterocycles. The van der Waals surface area contributed by atoms with E-state index in [4.69, 9.17) is 11.5 Å². The third-order valence-corrected chi connectivity index (χ3v) is 8.24. The molecule has 0 fully saturated rings. The smallest absolute Gasteiger partial charge is 0.0314 e. The molecule has 0 saturated carbocycles. The van der Waals surface area contributed by atoms with E-state index in [1.807, 2.05) is 24.3 Å². The van der Waals surface area contributed by atoms with Crippen LogP contribution in [0.15, 0.2) is 84.9 Å². The van der Waals surface area contributed by atoms with E-state index in [1.165, 1.54) is 109 Å². The van der Waals surface area contributed by atoms with Crippen LogP contribution in [0.1, 0.15) is 95.9 Å². The van der Waals surface area contributed by atoms with Crippen LogP contribution in [-0.2, 0) is 25.7 Å². The van der Waals surface area contributed by atoms with Crippen molar-refractivity contribution in [1.29, 1.82) is 0 Å². The first-order valence-corrected chi connectivity index (χ1v) is 15.3. The largest absolute Gasteiger partial charge is 0.399 e. The fourth-order valence-corrected chi connectivity index (χ4v) is 5.65. The Hall–Kier alpha value is -3.52. The van der Waals surface area contributed by atoms with Crippen LogP contribution in [-0.4, -0.2) is 0 Å². The summed E-state index contributed by atoms with van der Waals surface area (Å²) >= 11 is 0. The van der Waals surface area contributed by atoms with Crippen molar-refractivity contribution in [2.24, 2.45) is 0 Å². The zero-order chi connectivity index (χ0) is 28.2. The van der Waals surface area contributed by atoms with Gasteiger partial charge in [0.1, 0.15) is 0 Å². The number of hydrogen-bond donors (Lipinski definition) is 2. The minimum Gasteiger partial charge on any atom is -0.399 e. The highest BCUT2D eigenvalue weighted by molar-refractivity contribution is 5.43. The predicted octanol–water partition coefficient (Wildman–Crippen LogP) is 9.56. The number of benzene rings is 4. The summed E-state index contributed by atoms with van der Waals surface area (Å²) in [6, 6.07) is 30.6. The second-order valence-corrected chi connectivity index (χ2v) is 11.7. The summed E-state index contributed by atoms with van der Waals surface area (Å²) in [4.78, 5) is 0. The Morgan fingerprint density at radius 3 is 1.07 bits per heavy atom. The molecule has 0 spiro atoms. The molecule has 2 heteroatoms. The van der Waals surface area contributed by atoms with Crippen molar-refractivity contribution in [3.63, 3.8) is 0 Å². The molecular weight excluding hydrogens is 484 g/mol. The van der Waals surface area contributed by atoms with Crippen molar-refractivity contribution in [3.8, 4) is 0 Å². The molecule has 4 rings (SSSR count). The van der Waals surface area contributed by atoms with E-state index < -0.39 is 0 Å². The Kier molecular flexibility index (Phi) is 11.3. The lowest BCUT2D eigenvalue weighted by Crippen LogP contribution is -1.95. The quantitative estimate of drug-likeness (QED) is 0.118. The standard InChI is InChI=1S/C38H48N2/c1-29-25-31(13-19-35(29)27-33-15-21-37(39)22-16-33)11-9-7-5-3-4-6-8-10-12-32-14-20-36(30(2)26-32)28-34-17-23-38(40)24-18-34/h13-26H,3-12,27-28,39-40H2,1-2H3. The highest BCUT2D eigenvalue weighted by Crippen LogP contribution is 2.20. The Bertz CT molecular complexity index is 1210. The lowest BCUT2D eigenvalue weighted by atomic mass is 9.96. The minimum absolute atomic E-state index is 0.829. The van der Waals surface area contributed by atoms with Crippen LogP contribution in [0.5, 0.6) is 0 Å². The first kappa shape index (κ1) is 29.5. The highest BCUT2D eigenvalue weighted by Gasteiger charge is 2.04. The molecule has 0 atom stereocenters. The van der Waals surface area contributed by atoms with Gasteiger partial charge in [-0.15, -0.1) is 0 Å². The fraction of sp³-hybridized carbons (Fsp3) is 0.368. The highest BCUT2D eigenvalue weighted by atomic mass is 14.5. The lowest BCUT2D eigenvalue weighted by molar-refractivity contribution is 0.567. The van der Waals surface area contributed by atoms with Gasteiger partial charge in [0.25, 0.3) is 0 Å². The second kappa shape index (κ2) is 15.3. The van der Waals surface area contributed by atoms with Crippen molar-refractivity contribution in [3.05, 3.63) is 129 Å². The number of nitrogens with two attached hydrogens (primary N) is 2. The zero-order valence-electron chi connectivity index (χ0n) is 24.7. The average Bonchev–Trinajstić information content (AvgIpc) is 2.95. The summed E-state index contributed by atoms with van der Waals surface area (Å²) in [6.45, 7) is 4.49. The van der Waals surface area contributed by atoms with Gasteiger partial charge in [-0.05, 0) is 121 Å². The van der Waals surface area contributed by atoms with Crippen molar-refractivity contribution < 1.29 is 0 Å². The molecule has 210 valence electrons. The molecule has 4 N–H and O–H groups in total. The van der Waals surface area contributed by atoms with Crippen LogP contribution in [0, 0.1) is 13.8 Å². The number of anilines is 2. The van der Waals surface area contributed by atoms with Gasteiger partial charge in [0.05, 0.1) is 0 Å². The van der Waals surface area contributed by atoms with Crippen LogP contribution < -0.4 is 11.5 Å². The molecule has 0 heterocycles. The number of nitrogen functional groups attached to an aromatic ring is 2. The third-order valence-electron chi connectivity index (χ3n) is 8.24. The third kappa shape index (κ3) is 9.59. The monoisotopic (exact) mass is 532 g/mol. The molecule has 0 unspecified atom stereocenters. The van der Waals surface area contributed by atoms with Crippen LogP contribution in [0.25, 0.3) is 0 Å². The van der Waals surface area contributed by atoms with E-state index in [9.17, 15) is 0 Å². The van der Waals surface area contributed by atoms with Gasteiger partial charge in [-0.2, -0.15) is 0 Å². The van der Waals surface area contributed by atoms with E-state index in [0.717, 1.165) is 24.2 Å². The van der Waals surface area contributed by atoms with Gasteiger partial charge >= 0.3 is 0 Å². The Labute approximate surface area is 242 Å². The van der Waals surface area contributed by atoms with Gasteiger partial charge in [-0.3, -0.25) is 0 Å². The lowest BCUT2D eigenvalue weighted by Gasteiger charge is -2.10. The molecule has 0 aliphatic rings. The summed E-state index contributed by atoms with van der Waals surface area (Å²) in [5, 5.41) is 0. The van der Waals surface area contributed by atoms with Crippen LogP contribution >= 0.6 is 0 Å². The Balaban J connectivity index is 1.04. The second-order valence-electron chi connectivity index (χ2n) is 11.7. The predicted molar refractivity (Wildman–Crippen MR) is 174 cm³/mol. The topological polar surface area (TPSA) is 52.0 Å². The minimum atomic E-state index is 0.829. The molecular formula is C38H48N2. The van der Waals surface area contributed by atoms with Crippen molar-refractivity contribution in [1.82, 2.24) is 0 Å². The maximum absolute atomic E-state index is 5.82. The van der Waals surface area contributed by atoms with Gasteiger partial charge < -0.3 is 11.5 Å². The Morgan fingerprint density at radius 1 is 0.400 bits per heavy atom. The number of hydrogen-bond acceptors (Lipinski definition) is 2. The maximum Gasteiger partial charge on any atom is 0.0314 e.